The monoisotopic (exact) mass is 428 g/mol. The summed E-state index contributed by atoms with van der Waals surface area (Å²) in [5.41, 5.74) is 0. The lowest BCUT2D eigenvalue weighted by Crippen LogP contribution is -2.22. The second kappa shape index (κ2) is 18.4. The van der Waals surface area contributed by atoms with Gasteiger partial charge in [-0.1, -0.05) is 66.2 Å². The van der Waals surface area contributed by atoms with Gasteiger partial charge in [-0.3, -0.25) is 0 Å². The Morgan fingerprint density at radius 2 is 1.07 bits per heavy atom. The summed E-state index contributed by atoms with van der Waals surface area (Å²) < 4.78 is 21.5. The molecule has 30 heavy (non-hydrogen) atoms. The Morgan fingerprint density at radius 1 is 0.700 bits per heavy atom. The first kappa shape index (κ1) is 28.6. The van der Waals surface area contributed by atoms with Gasteiger partial charge in [-0.25, -0.2) is 9.59 Å². The van der Waals surface area contributed by atoms with Crippen LogP contribution in [0.1, 0.15) is 92.9 Å². The van der Waals surface area contributed by atoms with Gasteiger partial charge in [-0.2, -0.15) is 0 Å². The Balaban J connectivity index is 4.17. The molecule has 6 heteroatoms. The van der Waals surface area contributed by atoms with E-state index in [1.165, 1.54) is 12.8 Å². The summed E-state index contributed by atoms with van der Waals surface area (Å²) in [6.45, 7) is 13.1. The molecule has 4 unspecified atom stereocenters. The van der Waals surface area contributed by atoms with E-state index in [4.69, 9.17) is 18.9 Å². The van der Waals surface area contributed by atoms with Gasteiger partial charge in [0.15, 0.2) is 12.6 Å². The van der Waals surface area contributed by atoms with Gasteiger partial charge < -0.3 is 18.9 Å². The molecule has 0 spiro atoms. The lowest BCUT2D eigenvalue weighted by atomic mass is 10.0. The number of carbonyl (C=O) groups is 2. The van der Waals surface area contributed by atoms with Gasteiger partial charge >= 0.3 is 11.9 Å². The quantitative estimate of drug-likeness (QED) is 0.156. The molecule has 0 N–H and O–H groups in total. The van der Waals surface area contributed by atoms with Gasteiger partial charge in [-0.05, 0) is 38.5 Å². The Morgan fingerprint density at radius 3 is 1.37 bits per heavy atom. The van der Waals surface area contributed by atoms with Gasteiger partial charge in [0, 0.05) is 12.2 Å². The van der Waals surface area contributed by atoms with Crippen molar-refractivity contribution in [2.45, 2.75) is 105 Å². The second-order valence-corrected chi connectivity index (χ2v) is 7.84. The van der Waals surface area contributed by atoms with E-state index in [0.29, 0.717) is 25.0 Å². The predicted octanol–water partition coefficient (Wildman–Crippen LogP) is 5.79. The number of rotatable bonds is 18. The molecule has 0 aromatic rings. The topological polar surface area (TPSA) is 71.1 Å². The third-order valence-electron chi connectivity index (χ3n) is 5.14. The van der Waals surface area contributed by atoms with E-state index >= 15 is 0 Å². The molecule has 0 saturated heterocycles. The lowest BCUT2D eigenvalue weighted by Gasteiger charge is -2.19. The highest BCUT2D eigenvalue weighted by Crippen LogP contribution is 2.15. The van der Waals surface area contributed by atoms with Crippen molar-refractivity contribution in [3.8, 4) is 0 Å². The molecule has 0 fully saturated rings. The van der Waals surface area contributed by atoms with Crippen LogP contribution in [-0.4, -0.2) is 37.7 Å². The first-order valence-electron chi connectivity index (χ1n) is 11.7. The van der Waals surface area contributed by atoms with E-state index in [9.17, 15) is 9.59 Å². The van der Waals surface area contributed by atoms with Crippen LogP contribution in [-0.2, 0) is 28.5 Å². The highest BCUT2D eigenvalue weighted by atomic mass is 16.7. The molecule has 6 nitrogen and oxygen atoms in total. The minimum absolute atomic E-state index is 0.465. The fourth-order valence-corrected chi connectivity index (χ4v) is 2.95. The average Bonchev–Trinajstić information content (AvgIpc) is 2.72. The van der Waals surface area contributed by atoms with Crippen LogP contribution in [0.3, 0.4) is 0 Å². The van der Waals surface area contributed by atoms with E-state index < -0.39 is 24.5 Å². The van der Waals surface area contributed by atoms with Crippen molar-refractivity contribution in [1.82, 2.24) is 0 Å². The summed E-state index contributed by atoms with van der Waals surface area (Å²) in [6, 6.07) is 0. The SMILES string of the molecule is CCCCC(CC)COC(C)OC(=O)/C=C/C(=O)OC(C)OCC(CC)CCCC. The van der Waals surface area contributed by atoms with Gasteiger partial charge in [0.05, 0.1) is 13.2 Å². The van der Waals surface area contributed by atoms with Crippen molar-refractivity contribution in [2.75, 3.05) is 13.2 Å². The summed E-state index contributed by atoms with van der Waals surface area (Å²) in [6.07, 6.45) is 9.71. The van der Waals surface area contributed by atoms with Crippen molar-refractivity contribution in [3.63, 3.8) is 0 Å². The minimum Gasteiger partial charge on any atom is -0.433 e. The third kappa shape index (κ3) is 15.4. The first-order chi connectivity index (χ1) is 14.4. The Labute approximate surface area is 183 Å². The van der Waals surface area contributed by atoms with Crippen LogP contribution in [0.2, 0.25) is 0 Å². The first-order valence-corrected chi connectivity index (χ1v) is 11.7. The van der Waals surface area contributed by atoms with Gasteiger partial charge in [0.2, 0.25) is 0 Å². The standard InChI is InChI=1S/C24H44O6/c1-7-11-13-21(9-3)17-27-19(5)29-23(25)15-16-24(26)30-20(6)28-18-22(10-4)14-12-8-2/h15-16,19-22H,7-14,17-18H2,1-6H3/b16-15+. The van der Waals surface area contributed by atoms with E-state index in [1.54, 1.807) is 13.8 Å². The van der Waals surface area contributed by atoms with Crippen LogP contribution in [0.5, 0.6) is 0 Å². The second-order valence-electron chi connectivity index (χ2n) is 7.84. The Bertz CT molecular complexity index is 434. The minimum atomic E-state index is -0.662. The maximum absolute atomic E-state index is 11.9. The maximum atomic E-state index is 11.9. The summed E-state index contributed by atoms with van der Waals surface area (Å²) in [7, 11) is 0. The van der Waals surface area contributed by atoms with Crippen molar-refractivity contribution in [2.24, 2.45) is 11.8 Å². The zero-order valence-corrected chi connectivity index (χ0v) is 20.0. The van der Waals surface area contributed by atoms with Crippen molar-refractivity contribution < 1.29 is 28.5 Å². The van der Waals surface area contributed by atoms with E-state index in [1.807, 2.05) is 0 Å². The highest BCUT2D eigenvalue weighted by molar-refractivity contribution is 5.91. The molecule has 176 valence electrons. The summed E-state index contributed by atoms with van der Waals surface area (Å²) in [4.78, 5) is 23.7. The molecule has 0 aliphatic heterocycles. The Hall–Kier alpha value is -1.40. The smallest absolute Gasteiger partial charge is 0.333 e. The van der Waals surface area contributed by atoms with Crippen LogP contribution in [0.4, 0.5) is 0 Å². The van der Waals surface area contributed by atoms with Crippen LogP contribution in [0, 0.1) is 11.8 Å². The van der Waals surface area contributed by atoms with Gasteiger partial charge in [0.25, 0.3) is 0 Å². The number of esters is 2. The van der Waals surface area contributed by atoms with Crippen molar-refractivity contribution in [3.05, 3.63) is 12.2 Å². The van der Waals surface area contributed by atoms with Crippen molar-refractivity contribution in [1.29, 1.82) is 0 Å². The number of ether oxygens (including phenoxy) is 4. The molecule has 0 aromatic carbocycles. The molecule has 0 saturated carbocycles. The zero-order valence-electron chi connectivity index (χ0n) is 20.0. The molecular formula is C24H44O6. The molecule has 0 aliphatic rings. The number of hydrogen-bond acceptors (Lipinski definition) is 6. The maximum Gasteiger partial charge on any atom is 0.333 e. The van der Waals surface area contributed by atoms with Gasteiger partial charge in [-0.15, -0.1) is 0 Å². The molecule has 0 heterocycles. The zero-order chi connectivity index (χ0) is 22.8. The number of unbranched alkanes of at least 4 members (excludes halogenated alkanes) is 2. The van der Waals surface area contributed by atoms with Crippen LogP contribution >= 0.6 is 0 Å². The highest BCUT2D eigenvalue weighted by Gasteiger charge is 2.14. The van der Waals surface area contributed by atoms with E-state index in [0.717, 1.165) is 50.7 Å². The molecule has 0 rings (SSSR count). The molecule has 4 atom stereocenters. The van der Waals surface area contributed by atoms with Crippen LogP contribution in [0.25, 0.3) is 0 Å². The molecule has 0 aliphatic carbocycles. The average molecular weight is 429 g/mol. The van der Waals surface area contributed by atoms with E-state index in [2.05, 4.69) is 27.7 Å². The lowest BCUT2D eigenvalue weighted by molar-refractivity contribution is -0.174. The largest absolute Gasteiger partial charge is 0.433 e. The van der Waals surface area contributed by atoms with Gasteiger partial charge in [0.1, 0.15) is 0 Å². The van der Waals surface area contributed by atoms with E-state index in [-0.39, 0.29) is 0 Å². The summed E-state index contributed by atoms with van der Waals surface area (Å²) in [5, 5.41) is 0. The molecule has 0 radical (unpaired) electrons. The third-order valence-corrected chi connectivity index (χ3v) is 5.14. The number of hydrogen-bond donors (Lipinski definition) is 0. The predicted molar refractivity (Wildman–Crippen MR) is 119 cm³/mol. The van der Waals surface area contributed by atoms with Crippen molar-refractivity contribution >= 4 is 11.9 Å². The van der Waals surface area contributed by atoms with Crippen LogP contribution in [0.15, 0.2) is 12.2 Å². The fraction of sp³-hybridized carbons (Fsp3) is 0.833. The number of carbonyl (C=O) groups excluding carboxylic acids is 2. The van der Waals surface area contributed by atoms with Crippen LogP contribution < -0.4 is 0 Å². The summed E-state index contributed by atoms with van der Waals surface area (Å²) in [5.74, 6) is -0.347. The molecule has 0 aromatic heterocycles. The fourth-order valence-electron chi connectivity index (χ4n) is 2.95. The molecule has 0 amide bonds. The normalized spacial score (nSPS) is 15.5. The summed E-state index contributed by atoms with van der Waals surface area (Å²) >= 11 is 0. The Kier molecular flexibility index (Phi) is 17.5. The molecule has 0 bridgehead atoms. The molecular weight excluding hydrogens is 384 g/mol.